The van der Waals surface area contributed by atoms with E-state index < -0.39 is 34.6 Å². The molecule has 0 spiro atoms. The van der Waals surface area contributed by atoms with E-state index in [1.807, 2.05) is 0 Å². The van der Waals surface area contributed by atoms with Crippen LogP contribution in [0.25, 0.3) is 10.9 Å². The van der Waals surface area contributed by atoms with Gasteiger partial charge in [0.2, 0.25) is 5.78 Å². The summed E-state index contributed by atoms with van der Waals surface area (Å²) in [6, 6.07) is 4.02. The lowest BCUT2D eigenvalue weighted by molar-refractivity contribution is -0.385. The Morgan fingerprint density at radius 3 is 2.64 bits per heavy atom. The average molecular weight is 346 g/mol. The second-order valence-corrected chi connectivity index (χ2v) is 4.87. The molecule has 9 heteroatoms. The van der Waals surface area contributed by atoms with E-state index in [2.05, 4.69) is 9.72 Å². The van der Waals surface area contributed by atoms with Crippen molar-refractivity contribution in [2.24, 2.45) is 0 Å². The summed E-state index contributed by atoms with van der Waals surface area (Å²) in [5, 5.41) is 11.5. The lowest BCUT2D eigenvalue weighted by atomic mass is 9.98. The lowest BCUT2D eigenvalue weighted by Crippen LogP contribution is -2.21. The first-order valence-corrected chi connectivity index (χ1v) is 7.24. The number of fused-ring (bicyclic) bond motifs is 1. The Kier molecular flexibility index (Phi) is 5.38. The minimum Gasteiger partial charge on any atom is -0.494 e. The van der Waals surface area contributed by atoms with Gasteiger partial charge >= 0.3 is 5.97 Å². The van der Waals surface area contributed by atoms with Crippen LogP contribution in [0.4, 0.5) is 5.69 Å². The molecule has 0 N–H and O–H groups in total. The number of hydrogen-bond acceptors (Lipinski definition) is 8. The van der Waals surface area contributed by atoms with E-state index in [1.165, 1.54) is 32.4 Å². The molecule has 2 aromatic rings. The molecule has 0 unspecified atom stereocenters. The van der Waals surface area contributed by atoms with Crippen LogP contribution in [-0.4, -0.2) is 41.2 Å². The molecule has 2 rings (SSSR count). The van der Waals surface area contributed by atoms with Crippen LogP contribution in [0.15, 0.2) is 24.4 Å². The van der Waals surface area contributed by atoms with Crippen LogP contribution in [0, 0.1) is 10.1 Å². The summed E-state index contributed by atoms with van der Waals surface area (Å²) in [5.74, 6) is -2.98. The molecule has 25 heavy (non-hydrogen) atoms. The number of esters is 1. The second-order valence-electron chi connectivity index (χ2n) is 4.87. The van der Waals surface area contributed by atoms with Crippen LogP contribution in [0.5, 0.6) is 5.75 Å². The summed E-state index contributed by atoms with van der Waals surface area (Å²) < 4.78 is 9.62. The third kappa shape index (κ3) is 3.60. The van der Waals surface area contributed by atoms with Gasteiger partial charge in [-0.25, -0.2) is 4.79 Å². The molecule has 0 radical (unpaired) electrons. The maximum Gasteiger partial charge on any atom is 0.375 e. The van der Waals surface area contributed by atoms with Crippen molar-refractivity contribution in [3.63, 3.8) is 0 Å². The third-order valence-corrected chi connectivity index (χ3v) is 3.35. The number of aromatic nitrogens is 1. The zero-order valence-corrected chi connectivity index (χ0v) is 13.5. The molecule has 130 valence electrons. The van der Waals surface area contributed by atoms with E-state index in [9.17, 15) is 24.5 Å². The topological polar surface area (TPSA) is 126 Å². The number of nitro benzene ring substituents is 1. The summed E-state index contributed by atoms with van der Waals surface area (Å²) in [7, 11) is 1.32. The molecule has 0 atom stereocenters. The van der Waals surface area contributed by atoms with E-state index in [4.69, 9.17) is 4.74 Å². The number of ether oxygens (including phenoxy) is 2. The quantitative estimate of drug-likeness (QED) is 0.186. The third-order valence-electron chi connectivity index (χ3n) is 3.35. The summed E-state index contributed by atoms with van der Waals surface area (Å²) >= 11 is 0. The molecule has 9 nitrogen and oxygen atoms in total. The maximum atomic E-state index is 12.5. The average Bonchev–Trinajstić information content (AvgIpc) is 2.60. The molecule has 0 bridgehead atoms. The molecule has 1 aromatic heterocycles. The SMILES string of the molecule is CCOC(=O)C(=O)CC(=O)c1c([N+](=O)[O-])cc(OC)c2ncccc12. The van der Waals surface area contributed by atoms with Gasteiger partial charge in [-0.3, -0.25) is 24.7 Å². The highest BCUT2D eigenvalue weighted by molar-refractivity contribution is 6.38. The predicted molar refractivity (Wildman–Crippen MR) is 85.5 cm³/mol. The van der Waals surface area contributed by atoms with Crippen LogP contribution in [0.3, 0.4) is 0 Å². The Hall–Kier alpha value is -3.36. The van der Waals surface area contributed by atoms with Crippen molar-refractivity contribution in [1.82, 2.24) is 4.98 Å². The number of benzene rings is 1. The number of methoxy groups -OCH3 is 1. The number of rotatable bonds is 7. The fourth-order valence-electron chi connectivity index (χ4n) is 2.32. The Morgan fingerprint density at radius 2 is 2.04 bits per heavy atom. The molecule has 1 aromatic carbocycles. The molecule has 0 aliphatic heterocycles. The van der Waals surface area contributed by atoms with Crippen molar-refractivity contribution in [2.45, 2.75) is 13.3 Å². The number of carbonyl (C=O) groups is 3. The van der Waals surface area contributed by atoms with Gasteiger partial charge in [-0.2, -0.15) is 0 Å². The zero-order valence-electron chi connectivity index (χ0n) is 13.5. The van der Waals surface area contributed by atoms with Crippen LogP contribution in [-0.2, 0) is 14.3 Å². The van der Waals surface area contributed by atoms with E-state index in [0.717, 1.165) is 6.07 Å². The van der Waals surface area contributed by atoms with Crippen LogP contribution < -0.4 is 4.74 Å². The van der Waals surface area contributed by atoms with Gasteiger partial charge in [-0.15, -0.1) is 0 Å². The number of nitrogens with zero attached hydrogens (tertiary/aromatic N) is 2. The Labute approximate surface area is 141 Å². The maximum absolute atomic E-state index is 12.5. The van der Waals surface area contributed by atoms with Gasteiger partial charge < -0.3 is 9.47 Å². The van der Waals surface area contributed by atoms with Crippen molar-refractivity contribution in [1.29, 1.82) is 0 Å². The van der Waals surface area contributed by atoms with Gasteiger partial charge in [0, 0.05) is 11.6 Å². The zero-order chi connectivity index (χ0) is 18.6. The van der Waals surface area contributed by atoms with Crippen molar-refractivity contribution >= 4 is 34.1 Å². The number of nitro groups is 1. The minimum absolute atomic E-state index is 0.0195. The molecular weight excluding hydrogens is 332 g/mol. The van der Waals surface area contributed by atoms with Crippen LogP contribution in [0.1, 0.15) is 23.7 Å². The Balaban J connectivity index is 2.57. The summed E-state index contributed by atoms with van der Waals surface area (Å²) in [6.45, 7) is 1.49. The Morgan fingerprint density at radius 1 is 1.32 bits per heavy atom. The van der Waals surface area contributed by atoms with Crippen LogP contribution >= 0.6 is 0 Å². The van der Waals surface area contributed by atoms with Gasteiger partial charge in [-0.05, 0) is 13.0 Å². The van der Waals surface area contributed by atoms with Crippen molar-refractivity contribution < 1.29 is 28.8 Å². The smallest absolute Gasteiger partial charge is 0.375 e. The molecular formula is C16H14N2O7. The van der Waals surface area contributed by atoms with Gasteiger partial charge in [0.1, 0.15) is 11.1 Å². The molecule has 0 saturated carbocycles. The molecule has 0 amide bonds. The number of hydrogen-bond donors (Lipinski definition) is 0. The largest absolute Gasteiger partial charge is 0.494 e. The van der Waals surface area contributed by atoms with E-state index in [0.29, 0.717) is 0 Å². The molecule has 0 fully saturated rings. The van der Waals surface area contributed by atoms with Crippen molar-refractivity contribution in [3.05, 3.63) is 40.1 Å². The highest BCUT2D eigenvalue weighted by Gasteiger charge is 2.29. The molecule has 0 saturated heterocycles. The highest BCUT2D eigenvalue weighted by atomic mass is 16.6. The fourth-order valence-corrected chi connectivity index (χ4v) is 2.32. The van der Waals surface area contributed by atoms with Gasteiger partial charge in [0.15, 0.2) is 11.5 Å². The van der Waals surface area contributed by atoms with Crippen LogP contribution in [0.2, 0.25) is 0 Å². The first-order valence-electron chi connectivity index (χ1n) is 7.24. The van der Waals surface area contributed by atoms with Crippen molar-refractivity contribution in [2.75, 3.05) is 13.7 Å². The minimum atomic E-state index is -1.16. The standard InChI is InChI=1S/C16H14N2O7/c1-3-25-16(21)12(20)8-11(19)14-9-5-4-6-17-15(9)13(24-2)7-10(14)18(22)23/h4-7H,3,8H2,1-2H3. The first-order chi connectivity index (χ1) is 11.9. The number of Topliss-reactive ketones (excluding diaryl/α,β-unsaturated/α-hetero) is 2. The predicted octanol–water partition coefficient (Wildman–Crippen LogP) is 1.86. The highest BCUT2D eigenvalue weighted by Crippen LogP contribution is 2.35. The molecule has 1 heterocycles. The van der Waals surface area contributed by atoms with E-state index in [1.54, 1.807) is 0 Å². The lowest BCUT2D eigenvalue weighted by Gasteiger charge is -2.09. The summed E-state index contributed by atoms with van der Waals surface area (Å²) in [4.78, 5) is 50.3. The summed E-state index contributed by atoms with van der Waals surface area (Å²) in [6.07, 6.45) is 0.602. The summed E-state index contributed by atoms with van der Waals surface area (Å²) in [5.41, 5.74) is -0.590. The molecule has 0 aliphatic rings. The van der Waals surface area contributed by atoms with Gasteiger partial charge in [0.25, 0.3) is 5.69 Å². The normalized spacial score (nSPS) is 10.3. The monoisotopic (exact) mass is 346 g/mol. The Bertz CT molecular complexity index is 876. The second kappa shape index (κ2) is 7.47. The number of pyridine rings is 1. The number of carbonyl (C=O) groups excluding carboxylic acids is 3. The first kappa shape index (κ1) is 18.0. The van der Waals surface area contributed by atoms with Gasteiger partial charge in [0.05, 0.1) is 31.1 Å². The molecule has 0 aliphatic carbocycles. The number of ketones is 2. The van der Waals surface area contributed by atoms with Crippen molar-refractivity contribution in [3.8, 4) is 5.75 Å². The van der Waals surface area contributed by atoms with E-state index >= 15 is 0 Å². The fraction of sp³-hybridized carbons (Fsp3) is 0.250. The van der Waals surface area contributed by atoms with Gasteiger partial charge in [-0.1, -0.05) is 6.07 Å². The van der Waals surface area contributed by atoms with E-state index in [-0.39, 0.29) is 28.8 Å².